The number of ether oxygens (including phenoxy) is 2. The topological polar surface area (TPSA) is 90.9 Å². The third-order valence-electron chi connectivity index (χ3n) is 4.55. The maximum absolute atomic E-state index is 10.3. The van der Waals surface area contributed by atoms with Gasteiger partial charge in [0.25, 0.3) is 0 Å². The Kier molecular flexibility index (Phi) is 32.3. The second-order valence-corrected chi connectivity index (χ2v) is 8.30. The van der Waals surface area contributed by atoms with E-state index in [1.165, 1.54) is 64.2 Å². The Morgan fingerprint density at radius 1 is 0.690 bits per heavy atom. The first-order chi connectivity index (χ1) is 13.0. The Balaban J connectivity index is -0.00000338. The van der Waals surface area contributed by atoms with Crippen molar-refractivity contribution in [2.24, 2.45) is 0 Å². The minimum atomic E-state index is -4.89. The Bertz CT molecular complexity index is 358. The largest absolute Gasteiger partial charge is 1.00 e. The number of phosphoric ester groups is 1. The molecule has 0 saturated carbocycles. The van der Waals surface area contributed by atoms with E-state index in [9.17, 15) is 14.4 Å². The predicted octanol–water partition coefficient (Wildman–Crippen LogP) is -1.65. The van der Waals surface area contributed by atoms with Gasteiger partial charge >= 0.3 is 59.1 Å². The molecule has 0 fully saturated rings. The molecule has 29 heavy (non-hydrogen) atoms. The van der Waals surface area contributed by atoms with Crippen LogP contribution in [0.4, 0.5) is 0 Å². The van der Waals surface area contributed by atoms with Crippen LogP contribution < -0.4 is 68.9 Å². The van der Waals surface area contributed by atoms with Crippen molar-refractivity contribution in [1.82, 2.24) is 0 Å². The second-order valence-electron chi connectivity index (χ2n) is 7.14. The predicted molar refractivity (Wildman–Crippen MR) is 105 cm³/mol. The minimum Gasteiger partial charge on any atom is -0.790 e. The van der Waals surface area contributed by atoms with Crippen LogP contribution in [0.2, 0.25) is 0 Å². The number of hydrogen-bond donors (Lipinski definition) is 0. The molecule has 0 rings (SSSR count). The molecule has 0 radical (unpaired) electrons. The molecule has 0 heterocycles. The monoisotopic (exact) mass is 454 g/mol. The summed E-state index contributed by atoms with van der Waals surface area (Å²) in [4.78, 5) is 20.6. The molecule has 0 aromatic carbocycles. The quantitative estimate of drug-likeness (QED) is 0.117. The first-order valence-electron chi connectivity index (χ1n) is 10.9. The van der Waals surface area contributed by atoms with E-state index in [1.807, 2.05) is 0 Å². The molecule has 0 aliphatic carbocycles. The zero-order valence-corrected chi connectivity index (χ0v) is 24.4. The van der Waals surface area contributed by atoms with Crippen molar-refractivity contribution < 1.29 is 87.5 Å². The van der Waals surface area contributed by atoms with Gasteiger partial charge in [0.2, 0.25) is 0 Å². The van der Waals surface area contributed by atoms with Gasteiger partial charge in [-0.15, -0.1) is 0 Å². The molecule has 6 nitrogen and oxygen atoms in total. The summed E-state index contributed by atoms with van der Waals surface area (Å²) < 4.78 is 25.5. The summed E-state index contributed by atoms with van der Waals surface area (Å²) in [7, 11) is -4.89. The summed E-state index contributed by atoms with van der Waals surface area (Å²) in [6.07, 6.45) is 16.9. The van der Waals surface area contributed by atoms with Gasteiger partial charge < -0.3 is 28.3 Å². The zero-order valence-electron chi connectivity index (χ0n) is 19.5. The van der Waals surface area contributed by atoms with Gasteiger partial charge in [0.05, 0.1) is 40.4 Å². The van der Waals surface area contributed by atoms with Crippen LogP contribution in [0.5, 0.6) is 0 Å². The van der Waals surface area contributed by atoms with Crippen molar-refractivity contribution in [2.45, 2.75) is 103 Å². The van der Waals surface area contributed by atoms with E-state index in [-0.39, 0.29) is 78.4 Å². The van der Waals surface area contributed by atoms with E-state index >= 15 is 0 Å². The van der Waals surface area contributed by atoms with Crippen molar-refractivity contribution in [3.05, 3.63) is 0 Å². The van der Waals surface area contributed by atoms with E-state index < -0.39 is 7.82 Å². The van der Waals surface area contributed by atoms with Gasteiger partial charge in [0.1, 0.15) is 0 Å². The number of hydrogen-bond acceptors (Lipinski definition) is 6. The molecule has 0 aliphatic rings. The molecule has 1 unspecified atom stereocenters. The second kappa shape index (κ2) is 26.3. The van der Waals surface area contributed by atoms with Gasteiger partial charge in [-0.1, -0.05) is 84.5 Å². The van der Waals surface area contributed by atoms with Crippen LogP contribution in [0.3, 0.4) is 0 Å². The molecule has 164 valence electrons. The molecule has 0 bridgehead atoms. The molecule has 0 aliphatic heterocycles. The molecular weight excluding hydrogens is 413 g/mol. The minimum absolute atomic E-state index is 0. The smallest absolute Gasteiger partial charge is 0.790 e. The Morgan fingerprint density at radius 2 is 1.21 bits per heavy atom. The van der Waals surface area contributed by atoms with Crippen molar-refractivity contribution in [1.29, 1.82) is 0 Å². The molecular formula is C20H41Na2O6P. The average molecular weight is 454 g/mol. The molecule has 0 amide bonds. The van der Waals surface area contributed by atoms with Crippen molar-refractivity contribution in [2.75, 3.05) is 26.4 Å². The Hall–Kier alpha value is 2.03. The summed E-state index contributed by atoms with van der Waals surface area (Å²) in [5.41, 5.74) is 0. The van der Waals surface area contributed by atoms with Crippen LogP contribution in [0.1, 0.15) is 97.3 Å². The fourth-order valence-electron chi connectivity index (χ4n) is 3.08. The Labute approximate surface area is 223 Å². The zero-order chi connectivity index (χ0) is 20.2. The van der Waals surface area contributed by atoms with Crippen LogP contribution in [0, 0.1) is 0 Å². The fourth-order valence-corrected chi connectivity index (χ4v) is 3.37. The van der Waals surface area contributed by atoms with Gasteiger partial charge in [0.15, 0.2) is 0 Å². The van der Waals surface area contributed by atoms with E-state index in [4.69, 9.17) is 9.47 Å². The van der Waals surface area contributed by atoms with Crippen LogP contribution in [0.15, 0.2) is 0 Å². The number of phosphoric acid groups is 1. The van der Waals surface area contributed by atoms with Crippen LogP contribution in [0.25, 0.3) is 0 Å². The molecule has 0 aromatic rings. The van der Waals surface area contributed by atoms with Crippen molar-refractivity contribution >= 4 is 7.82 Å². The first-order valence-corrected chi connectivity index (χ1v) is 12.3. The fraction of sp³-hybridized carbons (Fsp3) is 1.00. The maximum Gasteiger partial charge on any atom is 1.00 e. The normalized spacial score (nSPS) is 12.3. The van der Waals surface area contributed by atoms with Gasteiger partial charge in [-0.05, 0) is 12.8 Å². The maximum atomic E-state index is 10.3. The first kappa shape index (κ1) is 35.6. The van der Waals surface area contributed by atoms with Gasteiger partial charge in [-0.2, -0.15) is 0 Å². The molecule has 9 heteroatoms. The van der Waals surface area contributed by atoms with Gasteiger partial charge in [-0.25, -0.2) is 0 Å². The molecule has 0 spiro atoms. The number of rotatable bonds is 21. The number of unbranched alkanes of at least 4 members (excludes halogenated alkanes) is 9. The average Bonchev–Trinajstić information content (AvgIpc) is 2.61. The van der Waals surface area contributed by atoms with E-state index in [2.05, 4.69) is 18.4 Å². The van der Waals surface area contributed by atoms with Crippen LogP contribution in [-0.2, 0) is 18.6 Å². The van der Waals surface area contributed by atoms with E-state index in [1.54, 1.807) is 0 Å². The van der Waals surface area contributed by atoms with Crippen LogP contribution in [-0.4, -0.2) is 32.5 Å². The summed E-state index contributed by atoms with van der Waals surface area (Å²) in [5, 5.41) is 0. The summed E-state index contributed by atoms with van der Waals surface area (Å²) >= 11 is 0. The van der Waals surface area contributed by atoms with E-state index in [0.717, 1.165) is 19.3 Å². The summed E-state index contributed by atoms with van der Waals surface area (Å²) in [6, 6.07) is 0. The third kappa shape index (κ3) is 30.0. The SMILES string of the molecule is CCCCCCCCCCCCC(CCC)OCCOCCOP(=O)([O-])[O-].[Na+].[Na+]. The molecule has 0 N–H and O–H groups in total. The van der Waals surface area contributed by atoms with Gasteiger partial charge in [0, 0.05) is 0 Å². The summed E-state index contributed by atoms with van der Waals surface area (Å²) in [6.45, 7) is 5.12. The Morgan fingerprint density at radius 3 is 1.72 bits per heavy atom. The molecule has 0 aromatic heterocycles. The molecule has 1 atom stereocenters. The van der Waals surface area contributed by atoms with Crippen molar-refractivity contribution in [3.63, 3.8) is 0 Å². The standard InChI is InChI=1S/C20H43O6P.2Na/c1-3-5-6-7-8-9-10-11-12-13-15-20(14-4-2)25-18-16-24-17-19-26-27(21,22)23;;/h20H,3-19H2,1-2H3,(H2,21,22,23);;/q;2*+1/p-2. The van der Waals surface area contributed by atoms with Crippen molar-refractivity contribution in [3.8, 4) is 0 Å². The van der Waals surface area contributed by atoms with E-state index in [0.29, 0.717) is 13.2 Å². The third-order valence-corrected chi connectivity index (χ3v) is 5.05. The summed E-state index contributed by atoms with van der Waals surface area (Å²) in [5.74, 6) is 0. The van der Waals surface area contributed by atoms with Gasteiger partial charge in [-0.3, -0.25) is 0 Å². The molecule has 0 saturated heterocycles. The van der Waals surface area contributed by atoms with Crippen LogP contribution >= 0.6 is 7.82 Å².